The highest BCUT2D eigenvalue weighted by atomic mass is 16.3. The van der Waals surface area contributed by atoms with E-state index < -0.39 is 0 Å². The molecule has 28 heavy (non-hydrogen) atoms. The van der Waals surface area contributed by atoms with E-state index in [0.29, 0.717) is 12.1 Å². The summed E-state index contributed by atoms with van der Waals surface area (Å²) in [7, 11) is 0. The minimum Gasteiger partial charge on any atom is -0.392 e. The molecular weight excluding hydrogens is 348 g/mol. The summed E-state index contributed by atoms with van der Waals surface area (Å²) in [5, 5.41) is 10.0. The fraction of sp³-hybridized carbons (Fsp3) is 0.435. The van der Waals surface area contributed by atoms with E-state index in [-0.39, 0.29) is 6.10 Å². The fourth-order valence-electron chi connectivity index (χ4n) is 4.87. The number of aromatic nitrogens is 2. The van der Waals surface area contributed by atoms with Crippen molar-refractivity contribution in [2.75, 3.05) is 19.6 Å². The SMILES string of the molecule is C[C@@H]1CN2C[C@H](O)CC2CN1Cc1nc2ccccc2n1Cc1ccccc1. The van der Waals surface area contributed by atoms with Crippen LogP contribution in [0.3, 0.4) is 0 Å². The molecule has 2 aliphatic rings. The normalized spacial score (nSPS) is 26.0. The van der Waals surface area contributed by atoms with Gasteiger partial charge in [0, 0.05) is 38.3 Å². The van der Waals surface area contributed by atoms with E-state index in [1.807, 2.05) is 0 Å². The molecule has 5 rings (SSSR count). The molecule has 1 aromatic heterocycles. The monoisotopic (exact) mass is 376 g/mol. The lowest BCUT2D eigenvalue weighted by atomic mass is 10.1. The number of aliphatic hydroxyl groups is 1. The third kappa shape index (κ3) is 3.34. The molecule has 2 aliphatic heterocycles. The molecule has 0 amide bonds. The van der Waals surface area contributed by atoms with Crippen LogP contribution in [0.1, 0.15) is 24.7 Å². The predicted molar refractivity (Wildman–Crippen MR) is 111 cm³/mol. The molecule has 5 nitrogen and oxygen atoms in total. The van der Waals surface area contributed by atoms with Crippen molar-refractivity contribution in [1.29, 1.82) is 0 Å². The van der Waals surface area contributed by atoms with Crippen molar-refractivity contribution in [3.8, 4) is 0 Å². The summed E-state index contributed by atoms with van der Waals surface area (Å²) in [6.45, 7) is 6.85. The van der Waals surface area contributed by atoms with Crippen LogP contribution < -0.4 is 0 Å². The maximum Gasteiger partial charge on any atom is 0.124 e. The molecule has 3 atom stereocenters. The van der Waals surface area contributed by atoms with E-state index in [1.54, 1.807) is 0 Å². The second kappa shape index (κ2) is 7.32. The molecule has 0 aliphatic carbocycles. The molecule has 0 saturated carbocycles. The molecule has 0 bridgehead atoms. The van der Waals surface area contributed by atoms with Crippen LogP contribution >= 0.6 is 0 Å². The standard InChI is InChI=1S/C23H28N4O/c1-17-12-26-15-20(28)11-19(26)14-25(17)16-23-24-21-9-5-6-10-22(21)27(23)13-18-7-3-2-4-8-18/h2-10,17,19-20,28H,11-16H2,1H3/t17-,19?,20-/m1/s1. The van der Waals surface area contributed by atoms with Gasteiger partial charge in [-0.2, -0.15) is 0 Å². The molecule has 0 spiro atoms. The van der Waals surface area contributed by atoms with Crippen molar-refractivity contribution < 1.29 is 5.11 Å². The summed E-state index contributed by atoms with van der Waals surface area (Å²) in [6, 6.07) is 20.0. The number of piperazine rings is 1. The van der Waals surface area contributed by atoms with Gasteiger partial charge in [0.25, 0.3) is 0 Å². The first kappa shape index (κ1) is 17.9. The van der Waals surface area contributed by atoms with E-state index >= 15 is 0 Å². The van der Waals surface area contributed by atoms with Gasteiger partial charge >= 0.3 is 0 Å². The van der Waals surface area contributed by atoms with Crippen molar-refractivity contribution in [3.05, 3.63) is 66.0 Å². The van der Waals surface area contributed by atoms with Crippen LogP contribution in [-0.2, 0) is 13.1 Å². The average molecular weight is 377 g/mol. The van der Waals surface area contributed by atoms with Crippen LogP contribution in [0.5, 0.6) is 0 Å². The van der Waals surface area contributed by atoms with Crippen molar-refractivity contribution in [2.24, 2.45) is 0 Å². The molecule has 5 heteroatoms. The van der Waals surface area contributed by atoms with E-state index in [1.165, 1.54) is 11.1 Å². The van der Waals surface area contributed by atoms with Gasteiger partial charge in [0.2, 0.25) is 0 Å². The number of fused-ring (bicyclic) bond motifs is 2. The minimum absolute atomic E-state index is 0.167. The van der Waals surface area contributed by atoms with Gasteiger partial charge in [0.15, 0.2) is 0 Å². The Morgan fingerprint density at radius 2 is 1.75 bits per heavy atom. The van der Waals surface area contributed by atoms with E-state index in [4.69, 9.17) is 4.98 Å². The molecule has 1 unspecified atom stereocenters. The molecule has 1 N–H and O–H groups in total. The largest absolute Gasteiger partial charge is 0.392 e. The quantitative estimate of drug-likeness (QED) is 0.760. The number of hydrogen-bond acceptors (Lipinski definition) is 4. The van der Waals surface area contributed by atoms with Gasteiger partial charge in [0.05, 0.1) is 23.7 Å². The van der Waals surface area contributed by atoms with Crippen molar-refractivity contribution in [2.45, 2.75) is 44.6 Å². The van der Waals surface area contributed by atoms with Gasteiger partial charge in [-0.25, -0.2) is 4.98 Å². The molecule has 146 valence electrons. The average Bonchev–Trinajstić information content (AvgIpc) is 3.22. The number of nitrogens with zero attached hydrogens (tertiary/aromatic N) is 4. The Labute approximate surface area is 166 Å². The number of hydrogen-bond donors (Lipinski definition) is 1. The first-order valence-electron chi connectivity index (χ1n) is 10.3. The second-order valence-corrected chi connectivity index (χ2v) is 8.36. The Bertz CT molecular complexity index is 954. The third-order valence-electron chi connectivity index (χ3n) is 6.33. The van der Waals surface area contributed by atoms with Crippen LogP contribution in [0.4, 0.5) is 0 Å². The first-order chi connectivity index (χ1) is 13.7. The van der Waals surface area contributed by atoms with Crippen molar-refractivity contribution in [1.82, 2.24) is 19.4 Å². The summed E-state index contributed by atoms with van der Waals surface area (Å²) >= 11 is 0. The smallest absolute Gasteiger partial charge is 0.124 e. The van der Waals surface area contributed by atoms with Crippen LogP contribution in [-0.4, -0.2) is 62.3 Å². The summed E-state index contributed by atoms with van der Waals surface area (Å²) in [4.78, 5) is 10.00. The van der Waals surface area contributed by atoms with Crippen LogP contribution in [0, 0.1) is 0 Å². The second-order valence-electron chi connectivity index (χ2n) is 8.36. The number of benzene rings is 2. The van der Waals surface area contributed by atoms with E-state index in [2.05, 4.69) is 75.9 Å². The summed E-state index contributed by atoms with van der Waals surface area (Å²) < 4.78 is 2.37. The Kier molecular flexibility index (Phi) is 4.67. The van der Waals surface area contributed by atoms with E-state index in [9.17, 15) is 5.11 Å². The van der Waals surface area contributed by atoms with Crippen LogP contribution in [0.25, 0.3) is 11.0 Å². The van der Waals surface area contributed by atoms with E-state index in [0.717, 1.165) is 50.5 Å². The predicted octanol–water partition coefficient (Wildman–Crippen LogP) is 2.72. The maximum atomic E-state index is 10.0. The van der Waals surface area contributed by atoms with Gasteiger partial charge in [-0.1, -0.05) is 42.5 Å². The van der Waals surface area contributed by atoms with Crippen LogP contribution in [0.15, 0.2) is 54.6 Å². The van der Waals surface area contributed by atoms with Gasteiger partial charge in [-0.15, -0.1) is 0 Å². The molecule has 3 aromatic rings. The summed E-state index contributed by atoms with van der Waals surface area (Å²) in [6.07, 6.45) is 0.726. The Hall–Kier alpha value is -2.21. The molecule has 2 saturated heterocycles. The molecule has 3 heterocycles. The highest BCUT2D eigenvalue weighted by Crippen LogP contribution is 2.27. The number of aliphatic hydroxyl groups excluding tert-OH is 1. The highest BCUT2D eigenvalue weighted by molar-refractivity contribution is 5.76. The molecular formula is C23H28N4O. The first-order valence-corrected chi connectivity index (χ1v) is 10.3. The van der Waals surface area contributed by atoms with Crippen LogP contribution in [0.2, 0.25) is 0 Å². The maximum absolute atomic E-state index is 10.0. The lowest BCUT2D eigenvalue weighted by molar-refractivity contribution is 0.0505. The third-order valence-corrected chi connectivity index (χ3v) is 6.33. The Morgan fingerprint density at radius 1 is 0.964 bits per heavy atom. The number of para-hydroxylation sites is 2. The molecule has 2 fully saturated rings. The Balaban J connectivity index is 1.44. The number of imidazole rings is 1. The van der Waals surface area contributed by atoms with Crippen molar-refractivity contribution in [3.63, 3.8) is 0 Å². The zero-order chi connectivity index (χ0) is 19.1. The highest BCUT2D eigenvalue weighted by Gasteiger charge is 2.38. The zero-order valence-corrected chi connectivity index (χ0v) is 16.4. The molecule has 2 aromatic carbocycles. The lowest BCUT2D eigenvalue weighted by Gasteiger charge is -2.42. The number of rotatable bonds is 4. The summed E-state index contributed by atoms with van der Waals surface area (Å²) in [5.41, 5.74) is 3.56. The zero-order valence-electron chi connectivity index (χ0n) is 16.4. The Morgan fingerprint density at radius 3 is 2.61 bits per heavy atom. The lowest BCUT2D eigenvalue weighted by Crippen LogP contribution is -2.54. The van der Waals surface area contributed by atoms with Gasteiger partial charge < -0.3 is 9.67 Å². The minimum atomic E-state index is -0.167. The molecule has 0 radical (unpaired) electrons. The van der Waals surface area contributed by atoms with Gasteiger partial charge in [0.1, 0.15) is 5.82 Å². The van der Waals surface area contributed by atoms with Gasteiger partial charge in [-0.05, 0) is 31.0 Å². The fourth-order valence-corrected chi connectivity index (χ4v) is 4.87. The topological polar surface area (TPSA) is 44.5 Å². The van der Waals surface area contributed by atoms with Crippen molar-refractivity contribution >= 4 is 11.0 Å². The van der Waals surface area contributed by atoms with Gasteiger partial charge in [-0.3, -0.25) is 9.80 Å². The summed E-state index contributed by atoms with van der Waals surface area (Å²) in [5.74, 6) is 1.13.